The molecule has 2 aromatic rings. The van der Waals surface area contributed by atoms with Gasteiger partial charge >= 0.3 is 6.03 Å². The van der Waals surface area contributed by atoms with Gasteiger partial charge in [-0.05, 0) is 64.1 Å². The van der Waals surface area contributed by atoms with Crippen LogP contribution in [0.2, 0.25) is 5.02 Å². The molecule has 1 aliphatic rings. The normalized spacial score (nSPS) is 16.0. The number of amides is 2. The zero-order valence-electron chi connectivity index (χ0n) is 15.5. The summed E-state index contributed by atoms with van der Waals surface area (Å²) in [6.07, 6.45) is -0.0722. The smallest absolute Gasteiger partial charge is 0.343 e. The van der Waals surface area contributed by atoms with E-state index in [1.54, 1.807) is 24.3 Å². The molecule has 0 unspecified atom stereocenters. The van der Waals surface area contributed by atoms with Gasteiger partial charge in [-0.1, -0.05) is 11.6 Å². The summed E-state index contributed by atoms with van der Waals surface area (Å²) in [4.78, 5) is 14.7. The fraction of sp³-hybridized carbons (Fsp3) is 0.316. The van der Waals surface area contributed by atoms with Crippen molar-refractivity contribution in [1.29, 1.82) is 0 Å². The number of carbonyl (C=O) groups is 1. The molecule has 27 heavy (non-hydrogen) atoms. The lowest BCUT2D eigenvalue weighted by molar-refractivity contribution is 0.242. The number of hydrogen-bond acceptors (Lipinski definition) is 4. The molecule has 0 radical (unpaired) electrons. The topological polar surface area (TPSA) is 66.9 Å². The van der Waals surface area contributed by atoms with E-state index in [0.717, 1.165) is 4.31 Å². The summed E-state index contributed by atoms with van der Waals surface area (Å²) in [5.41, 5.74) is 0.557. The largest absolute Gasteiger partial charge is 0.491 e. The number of nitrogens with zero attached hydrogens (tertiary/aromatic N) is 2. The van der Waals surface area contributed by atoms with Crippen molar-refractivity contribution in [2.45, 2.75) is 44.7 Å². The van der Waals surface area contributed by atoms with E-state index in [4.69, 9.17) is 16.3 Å². The Morgan fingerprint density at radius 3 is 2.19 bits per heavy atom. The Hall–Kier alpha value is -2.25. The number of sulfonamides is 1. The summed E-state index contributed by atoms with van der Waals surface area (Å²) in [5, 5.41) is 0.456. The fourth-order valence-electron chi connectivity index (χ4n) is 2.98. The average molecular weight is 409 g/mol. The van der Waals surface area contributed by atoms with E-state index in [9.17, 15) is 13.2 Å². The minimum atomic E-state index is -4.07. The van der Waals surface area contributed by atoms with Crippen LogP contribution in [0.1, 0.15) is 27.7 Å². The zero-order valence-corrected chi connectivity index (χ0v) is 17.1. The molecule has 0 aliphatic carbocycles. The van der Waals surface area contributed by atoms with Gasteiger partial charge in [0.2, 0.25) is 0 Å². The molecule has 1 aliphatic heterocycles. The molecular formula is C19H21ClN2O4S. The number of halogens is 1. The second kappa shape index (κ2) is 7.05. The maximum absolute atomic E-state index is 13.2. The molecular weight excluding hydrogens is 388 g/mol. The SMILES string of the molecule is CC(C)Oc1ccc2c(c1)N(C(C)C)C(=O)N(c1ccc(Cl)cc1)S2(=O)=O. The quantitative estimate of drug-likeness (QED) is 0.737. The van der Waals surface area contributed by atoms with Gasteiger partial charge in [-0.3, -0.25) is 4.90 Å². The molecule has 0 aromatic heterocycles. The highest BCUT2D eigenvalue weighted by Gasteiger charge is 2.43. The van der Waals surface area contributed by atoms with Crippen LogP contribution in [0, 0.1) is 0 Å². The molecule has 0 saturated carbocycles. The molecule has 0 atom stereocenters. The Labute approximate surface area is 164 Å². The van der Waals surface area contributed by atoms with Gasteiger partial charge in [-0.25, -0.2) is 13.2 Å². The Bertz CT molecular complexity index is 972. The summed E-state index contributed by atoms with van der Waals surface area (Å²) >= 11 is 5.90. The maximum atomic E-state index is 13.2. The van der Waals surface area contributed by atoms with Crippen LogP contribution in [0.4, 0.5) is 16.2 Å². The van der Waals surface area contributed by atoms with Crippen molar-refractivity contribution in [3.8, 4) is 5.75 Å². The van der Waals surface area contributed by atoms with E-state index in [2.05, 4.69) is 0 Å². The third kappa shape index (κ3) is 3.49. The van der Waals surface area contributed by atoms with Gasteiger partial charge in [0, 0.05) is 17.1 Å². The number of benzene rings is 2. The Balaban J connectivity index is 2.20. The predicted molar refractivity (Wildman–Crippen MR) is 106 cm³/mol. The van der Waals surface area contributed by atoms with E-state index < -0.39 is 16.1 Å². The van der Waals surface area contributed by atoms with Crippen LogP contribution in [0.5, 0.6) is 5.75 Å². The minimum Gasteiger partial charge on any atom is -0.491 e. The van der Waals surface area contributed by atoms with Crippen LogP contribution < -0.4 is 13.9 Å². The van der Waals surface area contributed by atoms with E-state index in [0.29, 0.717) is 16.5 Å². The lowest BCUT2D eigenvalue weighted by Gasteiger charge is -2.38. The summed E-state index contributed by atoms with van der Waals surface area (Å²) in [6.45, 7) is 7.42. The number of rotatable bonds is 4. The molecule has 2 aromatic carbocycles. The van der Waals surface area contributed by atoms with E-state index in [1.165, 1.54) is 23.1 Å². The third-order valence-corrected chi connectivity index (χ3v) is 6.04. The summed E-state index contributed by atoms with van der Waals surface area (Å²) in [6, 6.07) is 9.91. The van der Waals surface area contributed by atoms with Crippen molar-refractivity contribution in [3.63, 3.8) is 0 Å². The average Bonchev–Trinajstić information content (AvgIpc) is 2.55. The highest BCUT2D eigenvalue weighted by Crippen LogP contribution is 2.40. The van der Waals surface area contributed by atoms with Gasteiger partial charge in [0.1, 0.15) is 10.6 Å². The standard InChI is InChI=1S/C19H21ClN2O4S/c1-12(2)21-17-11-16(26-13(3)4)9-10-18(17)27(24,25)22(19(21)23)15-7-5-14(20)6-8-15/h5-13H,1-4H3. The Morgan fingerprint density at radius 2 is 1.63 bits per heavy atom. The number of ether oxygens (including phenoxy) is 1. The van der Waals surface area contributed by atoms with Gasteiger partial charge in [-0.15, -0.1) is 0 Å². The molecule has 8 heteroatoms. The summed E-state index contributed by atoms with van der Waals surface area (Å²) in [7, 11) is -4.07. The van der Waals surface area contributed by atoms with Crippen molar-refractivity contribution in [1.82, 2.24) is 0 Å². The van der Waals surface area contributed by atoms with Gasteiger partial charge in [0.25, 0.3) is 10.0 Å². The second-order valence-electron chi connectivity index (χ2n) is 6.79. The number of carbonyl (C=O) groups excluding carboxylic acids is 1. The van der Waals surface area contributed by atoms with Crippen LogP contribution in [-0.4, -0.2) is 26.6 Å². The molecule has 1 heterocycles. The van der Waals surface area contributed by atoms with Gasteiger partial charge in [0.05, 0.1) is 17.5 Å². The monoisotopic (exact) mass is 408 g/mol. The molecule has 2 amide bonds. The number of anilines is 2. The summed E-state index contributed by atoms with van der Waals surface area (Å²) < 4.78 is 32.9. The molecule has 3 rings (SSSR count). The van der Waals surface area contributed by atoms with Gasteiger partial charge in [0.15, 0.2) is 0 Å². The first kappa shape index (κ1) is 19.5. The first-order chi connectivity index (χ1) is 12.6. The van der Waals surface area contributed by atoms with Crippen LogP contribution in [0.25, 0.3) is 0 Å². The third-order valence-electron chi connectivity index (χ3n) is 4.04. The van der Waals surface area contributed by atoms with Crippen molar-refractivity contribution in [2.75, 3.05) is 9.21 Å². The van der Waals surface area contributed by atoms with E-state index in [1.807, 2.05) is 27.7 Å². The van der Waals surface area contributed by atoms with Crippen LogP contribution in [0.3, 0.4) is 0 Å². The van der Waals surface area contributed by atoms with Crippen molar-refractivity contribution in [2.24, 2.45) is 0 Å². The minimum absolute atomic E-state index is 0.0573. The first-order valence-electron chi connectivity index (χ1n) is 8.57. The van der Waals surface area contributed by atoms with Crippen molar-refractivity contribution < 1.29 is 17.9 Å². The molecule has 0 N–H and O–H groups in total. The predicted octanol–water partition coefficient (Wildman–Crippen LogP) is 4.67. The number of urea groups is 1. The number of fused-ring (bicyclic) bond motifs is 1. The van der Waals surface area contributed by atoms with Gasteiger partial charge in [-0.2, -0.15) is 4.31 Å². The van der Waals surface area contributed by atoms with E-state index in [-0.39, 0.29) is 22.7 Å². The highest BCUT2D eigenvalue weighted by molar-refractivity contribution is 7.94. The maximum Gasteiger partial charge on any atom is 0.343 e. The lowest BCUT2D eigenvalue weighted by atomic mass is 10.2. The fourth-order valence-corrected chi connectivity index (χ4v) is 4.65. The lowest BCUT2D eigenvalue weighted by Crippen LogP contribution is -2.53. The molecule has 0 saturated heterocycles. The first-order valence-corrected chi connectivity index (χ1v) is 10.4. The molecule has 0 fully saturated rings. The van der Waals surface area contributed by atoms with Crippen molar-refractivity contribution in [3.05, 3.63) is 47.5 Å². The van der Waals surface area contributed by atoms with Crippen LogP contribution in [-0.2, 0) is 10.0 Å². The molecule has 144 valence electrons. The van der Waals surface area contributed by atoms with Crippen LogP contribution in [0.15, 0.2) is 47.4 Å². The number of hydrogen-bond donors (Lipinski definition) is 0. The van der Waals surface area contributed by atoms with Crippen LogP contribution >= 0.6 is 11.6 Å². The zero-order chi connectivity index (χ0) is 19.9. The van der Waals surface area contributed by atoms with Gasteiger partial charge < -0.3 is 4.74 Å². The Morgan fingerprint density at radius 1 is 1.00 bits per heavy atom. The van der Waals surface area contributed by atoms with E-state index >= 15 is 0 Å². The van der Waals surface area contributed by atoms with Crippen molar-refractivity contribution >= 4 is 39.0 Å². The summed E-state index contributed by atoms with van der Waals surface area (Å²) in [5.74, 6) is 0.511. The Kier molecular flexibility index (Phi) is 5.10. The second-order valence-corrected chi connectivity index (χ2v) is 8.98. The molecule has 0 bridgehead atoms. The highest BCUT2D eigenvalue weighted by atomic mass is 35.5. The molecule has 6 nitrogen and oxygen atoms in total. The molecule has 0 spiro atoms.